The summed E-state index contributed by atoms with van der Waals surface area (Å²) in [4.78, 5) is 15.0. The van der Waals surface area contributed by atoms with E-state index in [1.807, 2.05) is 66.4 Å². The summed E-state index contributed by atoms with van der Waals surface area (Å²) in [6, 6.07) is 17.6. The van der Waals surface area contributed by atoms with Crippen LogP contribution in [0.2, 0.25) is 0 Å². The minimum Gasteiger partial charge on any atom is -0.411 e. The maximum atomic E-state index is 13.2. The van der Waals surface area contributed by atoms with E-state index in [0.29, 0.717) is 37.4 Å². The maximum absolute atomic E-state index is 13.2. The van der Waals surface area contributed by atoms with Crippen LogP contribution in [-0.2, 0) is 9.53 Å². The Hall–Kier alpha value is -2.64. The number of rotatable bonds is 5. The highest BCUT2D eigenvalue weighted by Crippen LogP contribution is 2.37. The Morgan fingerprint density at radius 3 is 2.50 bits per heavy atom. The van der Waals surface area contributed by atoms with E-state index in [2.05, 4.69) is 10.2 Å². The van der Waals surface area contributed by atoms with Crippen molar-refractivity contribution in [1.82, 2.24) is 15.1 Å². The van der Waals surface area contributed by atoms with Crippen molar-refractivity contribution in [3.8, 4) is 11.5 Å². The standard InChI is InChI=1S/C21H21N3O3S/c1-15-7-5-6-10-17(15)19-22-23-21(27-19)28-18(16-8-3-2-4-9-16)20(25)24-11-13-26-14-12-24/h2-10,18H,11-14H2,1H3. The molecule has 28 heavy (non-hydrogen) atoms. The summed E-state index contributed by atoms with van der Waals surface area (Å²) in [6.07, 6.45) is 0. The first-order valence-corrected chi connectivity index (χ1v) is 10.1. The summed E-state index contributed by atoms with van der Waals surface area (Å²) in [7, 11) is 0. The Bertz CT molecular complexity index is 939. The Labute approximate surface area is 167 Å². The highest BCUT2D eigenvalue weighted by Gasteiger charge is 2.30. The van der Waals surface area contributed by atoms with Crippen molar-refractivity contribution >= 4 is 17.7 Å². The van der Waals surface area contributed by atoms with Crippen LogP contribution in [0.1, 0.15) is 16.4 Å². The molecule has 0 spiro atoms. The number of aromatic nitrogens is 2. The van der Waals surface area contributed by atoms with Crippen LogP contribution in [0.15, 0.2) is 64.2 Å². The van der Waals surface area contributed by atoms with E-state index in [1.165, 1.54) is 11.8 Å². The van der Waals surface area contributed by atoms with Gasteiger partial charge in [-0.1, -0.05) is 48.5 Å². The fourth-order valence-electron chi connectivity index (χ4n) is 3.12. The van der Waals surface area contributed by atoms with Crippen LogP contribution in [0.5, 0.6) is 0 Å². The predicted molar refractivity (Wildman–Crippen MR) is 107 cm³/mol. The van der Waals surface area contributed by atoms with Gasteiger partial charge in [-0.2, -0.15) is 0 Å². The van der Waals surface area contributed by atoms with Gasteiger partial charge in [-0.3, -0.25) is 4.79 Å². The molecule has 144 valence electrons. The van der Waals surface area contributed by atoms with Crippen LogP contribution in [0.3, 0.4) is 0 Å². The summed E-state index contributed by atoms with van der Waals surface area (Å²) < 4.78 is 11.3. The second kappa shape index (κ2) is 8.58. The topological polar surface area (TPSA) is 68.5 Å². The third-order valence-corrected chi connectivity index (χ3v) is 5.73. The molecule has 1 atom stereocenters. The minimum atomic E-state index is -0.440. The molecule has 7 heteroatoms. The van der Waals surface area contributed by atoms with Gasteiger partial charge < -0.3 is 14.1 Å². The summed E-state index contributed by atoms with van der Waals surface area (Å²) in [5.41, 5.74) is 2.88. The molecule has 2 aromatic carbocycles. The van der Waals surface area contributed by atoms with Gasteiger partial charge in [0, 0.05) is 18.7 Å². The van der Waals surface area contributed by atoms with Gasteiger partial charge in [0.2, 0.25) is 11.8 Å². The molecule has 1 saturated heterocycles. The van der Waals surface area contributed by atoms with E-state index in [-0.39, 0.29) is 5.91 Å². The van der Waals surface area contributed by atoms with Crippen molar-refractivity contribution in [3.63, 3.8) is 0 Å². The Kier molecular flexibility index (Phi) is 5.73. The number of amides is 1. The molecular weight excluding hydrogens is 374 g/mol. The van der Waals surface area contributed by atoms with Gasteiger partial charge >= 0.3 is 0 Å². The van der Waals surface area contributed by atoms with Crippen molar-refractivity contribution in [2.24, 2.45) is 0 Å². The number of benzene rings is 2. The molecular formula is C21H21N3O3S. The van der Waals surface area contributed by atoms with Crippen LogP contribution in [-0.4, -0.2) is 47.3 Å². The van der Waals surface area contributed by atoms with Crippen LogP contribution in [0.25, 0.3) is 11.5 Å². The maximum Gasteiger partial charge on any atom is 0.277 e. The van der Waals surface area contributed by atoms with Crippen molar-refractivity contribution in [3.05, 3.63) is 65.7 Å². The first-order valence-electron chi connectivity index (χ1n) is 9.20. The summed E-state index contributed by atoms with van der Waals surface area (Å²) in [5.74, 6) is 0.501. The molecule has 3 aromatic rings. The van der Waals surface area contributed by atoms with Crippen molar-refractivity contribution in [2.45, 2.75) is 17.4 Å². The lowest BCUT2D eigenvalue weighted by Gasteiger charge is -2.29. The predicted octanol–water partition coefficient (Wildman–Crippen LogP) is 3.74. The summed E-state index contributed by atoms with van der Waals surface area (Å²) in [6.45, 7) is 4.33. The van der Waals surface area contributed by atoms with Crippen LogP contribution in [0.4, 0.5) is 0 Å². The molecule has 6 nitrogen and oxygen atoms in total. The third-order valence-electron chi connectivity index (χ3n) is 4.65. The van der Waals surface area contributed by atoms with Gasteiger partial charge in [0.05, 0.1) is 13.2 Å². The molecule has 0 radical (unpaired) electrons. The minimum absolute atomic E-state index is 0.0372. The van der Waals surface area contributed by atoms with Crippen LogP contribution in [0, 0.1) is 6.92 Å². The van der Waals surface area contributed by atoms with Crippen LogP contribution < -0.4 is 0 Å². The zero-order valence-corrected chi connectivity index (χ0v) is 16.4. The van der Waals surface area contributed by atoms with Gasteiger partial charge in [-0.25, -0.2) is 0 Å². The first-order chi connectivity index (χ1) is 13.7. The number of hydrogen-bond acceptors (Lipinski definition) is 6. The molecule has 1 aromatic heterocycles. The Balaban J connectivity index is 1.59. The average molecular weight is 395 g/mol. The van der Waals surface area contributed by atoms with E-state index in [4.69, 9.17) is 9.15 Å². The molecule has 1 amide bonds. The fourth-order valence-corrected chi connectivity index (χ4v) is 4.08. The lowest BCUT2D eigenvalue weighted by Crippen LogP contribution is -2.42. The first kappa shape index (κ1) is 18.7. The zero-order chi connectivity index (χ0) is 19.3. The number of carbonyl (C=O) groups excluding carboxylic acids is 1. The second-order valence-corrected chi connectivity index (χ2v) is 7.59. The quantitative estimate of drug-likeness (QED) is 0.613. The molecule has 1 aliphatic rings. The van der Waals surface area contributed by atoms with Crippen LogP contribution >= 0.6 is 11.8 Å². The number of carbonyl (C=O) groups is 1. The van der Waals surface area contributed by atoms with Crippen molar-refractivity contribution in [2.75, 3.05) is 26.3 Å². The van der Waals surface area contributed by atoms with E-state index in [1.54, 1.807) is 0 Å². The fraction of sp³-hybridized carbons (Fsp3) is 0.286. The van der Waals surface area contributed by atoms with Gasteiger partial charge in [-0.15, -0.1) is 10.2 Å². The molecule has 1 unspecified atom stereocenters. The second-order valence-electron chi connectivity index (χ2n) is 6.53. The molecule has 0 saturated carbocycles. The molecule has 0 aliphatic carbocycles. The number of thioether (sulfide) groups is 1. The molecule has 2 heterocycles. The Morgan fingerprint density at radius 1 is 1.04 bits per heavy atom. The smallest absolute Gasteiger partial charge is 0.277 e. The van der Waals surface area contributed by atoms with E-state index in [9.17, 15) is 4.79 Å². The lowest BCUT2D eigenvalue weighted by atomic mass is 10.1. The number of nitrogens with zero attached hydrogens (tertiary/aromatic N) is 3. The lowest BCUT2D eigenvalue weighted by molar-refractivity contribution is -0.134. The molecule has 1 aliphatic heterocycles. The average Bonchev–Trinajstić information content (AvgIpc) is 3.21. The van der Waals surface area contributed by atoms with E-state index >= 15 is 0 Å². The summed E-state index contributed by atoms with van der Waals surface area (Å²) >= 11 is 1.29. The van der Waals surface area contributed by atoms with Gasteiger partial charge in [-0.05, 0) is 35.9 Å². The highest BCUT2D eigenvalue weighted by atomic mass is 32.2. The zero-order valence-electron chi connectivity index (χ0n) is 15.6. The molecule has 4 rings (SSSR count). The SMILES string of the molecule is Cc1ccccc1-c1nnc(SC(C(=O)N2CCOCC2)c2ccccc2)o1. The number of hydrogen-bond donors (Lipinski definition) is 0. The van der Waals surface area contributed by atoms with Gasteiger partial charge in [0.1, 0.15) is 5.25 Å². The molecule has 0 N–H and O–H groups in total. The van der Waals surface area contributed by atoms with Crippen molar-refractivity contribution < 1.29 is 13.9 Å². The normalized spacial score (nSPS) is 15.4. The molecule has 0 bridgehead atoms. The number of morpholine rings is 1. The van der Waals surface area contributed by atoms with E-state index < -0.39 is 5.25 Å². The number of aryl methyl sites for hydroxylation is 1. The number of ether oxygens (including phenoxy) is 1. The van der Waals surface area contributed by atoms with Gasteiger partial charge in [0.25, 0.3) is 5.22 Å². The highest BCUT2D eigenvalue weighted by molar-refractivity contribution is 8.00. The third kappa shape index (κ3) is 4.10. The van der Waals surface area contributed by atoms with E-state index in [0.717, 1.165) is 16.7 Å². The Morgan fingerprint density at radius 2 is 1.75 bits per heavy atom. The van der Waals surface area contributed by atoms with Gasteiger partial charge in [0.15, 0.2) is 0 Å². The summed E-state index contributed by atoms with van der Waals surface area (Å²) in [5, 5.41) is 8.30. The van der Waals surface area contributed by atoms with Crippen molar-refractivity contribution in [1.29, 1.82) is 0 Å². The molecule has 1 fully saturated rings. The largest absolute Gasteiger partial charge is 0.411 e. The monoisotopic (exact) mass is 395 g/mol.